The normalized spacial score (nSPS) is 11.1. The highest BCUT2D eigenvalue weighted by molar-refractivity contribution is 7.92. The van der Waals surface area contributed by atoms with E-state index in [9.17, 15) is 13.2 Å². The first kappa shape index (κ1) is 18.3. The number of sulfonamides is 1. The van der Waals surface area contributed by atoms with Crippen LogP contribution in [0.2, 0.25) is 5.02 Å². The third kappa shape index (κ3) is 4.97. The molecule has 0 fully saturated rings. The molecule has 0 bridgehead atoms. The summed E-state index contributed by atoms with van der Waals surface area (Å²) in [6.07, 6.45) is 1.11. The number of hydrogen-bond acceptors (Lipinski definition) is 3. The molecular weight excluding hydrogens is 348 g/mol. The van der Waals surface area contributed by atoms with Crippen LogP contribution in [0.25, 0.3) is 0 Å². The van der Waals surface area contributed by atoms with Crippen LogP contribution in [0.15, 0.2) is 48.5 Å². The summed E-state index contributed by atoms with van der Waals surface area (Å²) in [5, 5.41) is 3.08. The Morgan fingerprint density at radius 1 is 1.17 bits per heavy atom. The highest BCUT2D eigenvalue weighted by atomic mass is 35.5. The van der Waals surface area contributed by atoms with Gasteiger partial charge in [-0.25, -0.2) is 8.42 Å². The van der Waals surface area contributed by atoms with E-state index >= 15 is 0 Å². The van der Waals surface area contributed by atoms with Crippen LogP contribution in [0.3, 0.4) is 0 Å². The third-order valence-corrected chi connectivity index (χ3v) is 4.86. The second-order valence-corrected chi connectivity index (χ2v) is 7.77. The molecule has 0 atom stereocenters. The monoisotopic (exact) mass is 366 g/mol. The highest BCUT2D eigenvalue weighted by Gasteiger charge is 2.20. The number of hydrogen-bond donors (Lipinski definition) is 1. The molecule has 0 aliphatic rings. The Balaban J connectivity index is 2.09. The van der Waals surface area contributed by atoms with E-state index < -0.39 is 10.0 Å². The molecule has 0 saturated carbocycles. The summed E-state index contributed by atoms with van der Waals surface area (Å²) in [4.78, 5) is 12.1. The highest BCUT2D eigenvalue weighted by Crippen LogP contribution is 2.27. The standard InChI is InChI=1S/C17H19ClN2O3S/c1-13-6-5-7-14(12-13)19-17(21)10-11-20(24(2,22)23)16-9-4-3-8-15(16)18/h3-9,12H,10-11H2,1-2H3,(H,19,21). The van der Waals surface area contributed by atoms with E-state index in [1.165, 1.54) is 0 Å². The lowest BCUT2D eigenvalue weighted by Gasteiger charge is -2.23. The van der Waals surface area contributed by atoms with E-state index in [0.29, 0.717) is 16.4 Å². The van der Waals surface area contributed by atoms with Crippen LogP contribution < -0.4 is 9.62 Å². The number of nitrogens with zero attached hydrogens (tertiary/aromatic N) is 1. The van der Waals surface area contributed by atoms with Crippen molar-refractivity contribution in [2.75, 3.05) is 22.4 Å². The summed E-state index contributed by atoms with van der Waals surface area (Å²) in [6.45, 7) is 1.94. The number of halogens is 1. The van der Waals surface area contributed by atoms with E-state index in [1.54, 1.807) is 30.3 Å². The van der Waals surface area contributed by atoms with E-state index in [0.717, 1.165) is 16.1 Å². The number of amides is 1. The summed E-state index contributed by atoms with van der Waals surface area (Å²) < 4.78 is 25.2. The first-order chi connectivity index (χ1) is 11.3. The average molecular weight is 367 g/mol. The second kappa shape index (κ2) is 7.68. The maximum absolute atomic E-state index is 12.1. The van der Waals surface area contributed by atoms with Crippen molar-refractivity contribution in [2.24, 2.45) is 0 Å². The van der Waals surface area contributed by atoms with Crippen molar-refractivity contribution in [1.29, 1.82) is 0 Å². The molecule has 0 aromatic heterocycles. The van der Waals surface area contributed by atoms with Crippen LogP contribution in [0.1, 0.15) is 12.0 Å². The van der Waals surface area contributed by atoms with E-state index in [4.69, 9.17) is 11.6 Å². The van der Waals surface area contributed by atoms with Crippen molar-refractivity contribution < 1.29 is 13.2 Å². The molecule has 1 N–H and O–H groups in total. The number of nitrogens with one attached hydrogen (secondary N) is 1. The molecule has 0 spiro atoms. The molecule has 2 aromatic rings. The second-order valence-electron chi connectivity index (χ2n) is 5.45. The smallest absolute Gasteiger partial charge is 0.232 e. The number of carbonyl (C=O) groups is 1. The SMILES string of the molecule is Cc1cccc(NC(=O)CCN(c2ccccc2Cl)S(C)(=O)=O)c1. The molecule has 0 radical (unpaired) electrons. The maximum atomic E-state index is 12.1. The summed E-state index contributed by atoms with van der Waals surface area (Å²) in [7, 11) is -3.55. The van der Waals surface area contributed by atoms with Gasteiger partial charge in [0.05, 0.1) is 17.0 Å². The quantitative estimate of drug-likeness (QED) is 0.851. The minimum Gasteiger partial charge on any atom is -0.326 e. The Labute approximate surface area is 147 Å². The van der Waals surface area contributed by atoms with Gasteiger partial charge in [0.25, 0.3) is 0 Å². The van der Waals surface area contributed by atoms with Gasteiger partial charge < -0.3 is 5.32 Å². The zero-order chi connectivity index (χ0) is 17.7. The average Bonchev–Trinajstić information content (AvgIpc) is 2.48. The fourth-order valence-corrected chi connectivity index (χ4v) is 3.50. The molecule has 0 heterocycles. The largest absolute Gasteiger partial charge is 0.326 e. The van der Waals surface area contributed by atoms with Gasteiger partial charge in [0.2, 0.25) is 15.9 Å². The predicted molar refractivity (Wildman–Crippen MR) is 98.1 cm³/mol. The molecule has 24 heavy (non-hydrogen) atoms. The first-order valence-electron chi connectivity index (χ1n) is 7.36. The Morgan fingerprint density at radius 3 is 2.50 bits per heavy atom. The van der Waals surface area contributed by atoms with Crippen molar-refractivity contribution in [2.45, 2.75) is 13.3 Å². The minimum absolute atomic E-state index is 0.0141. The van der Waals surface area contributed by atoms with Crippen LogP contribution in [0.4, 0.5) is 11.4 Å². The van der Waals surface area contributed by atoms with E-state index in [-0.39, 0.29) is 18.9 Å². The predicted octanol–water partition coefficient (Wildman–Crippen LogP) is 3.44. The number of rotatable bonds is 6. The Bertz CT molecular complexity index is 837. The zero-order valence-corrected chi connectivity index (χ0v) is 15.1. The van der Waals surface area contributed by atoms with Gasteiger partial charge in [0.15, 0.2) is 0 Å². The van der Waals surface area contributed by atoms with Crippen LogP contribution in [0.5, 0.6) is 0 Å². The third-order valence-electron chi connectivity index (χ3n) is 3.37. The van der Waals surface area contributed by atoms with Crippen molar-refractivity contribution in [1.82, 2.24) is 0 Å². The molecule has 2 aromatic carbocycles. The number of carbonyl (C=O) groups excluding carboxylic acids is 1. The topological polar surface area (TPSA) is 66.5 Å². The van der Waals surface area contributed by atoms with Crippen LogP contribution in [-0.4, -0.2) is 27.1 Å². The molecule has 0 unspecified atom stereocenters. The van der Waals surface area contributed by atoms with Crippen LogP contribution >= 0.6 is 11.6 Å². The molecule has 0 saturated heterocycles. The first-order valence-corrected chi connectivity index (χ1v) is 9.59. The lowest BCUT2D eigenvalue weighted by atomic mass is 10.2. The summed E-state index contributed by atoms with van der Waals surface area (Å²) in [5.74, 6) is -0.263. The molecule has 0 aliphatic carbocycles. The maximum Gasteiger partial charge on any atom is 0.232 e. The molecule has 5 nitrogen and oxygen atoms in total. The van der Waals surface area contributed by atoms with Crippen molar-refractivity contribution in [3.05, 3.63) is 59.1 Å². The fourth-order valence-electron chi connectivity index (χ4n) is 2.27. The van der Waals surface area contributed by atoms with Gasteiger partial charge in [-0.15, -0.1) is 0 Å². The minimum atomic E-state index is -3.55. The Morgan fingerprint density at radius 2 is 1.88 bits per heavy atom. The van der Waals surface area contributed by atoms with E-state index in [1.807, 2.05) is 25.1 Å². The van der Waals surface area contributed by atoms with Crippen molar-refractivity contribution in [3.8, 4) is 0 Å². The number of anilines is 2. The van der Waals surface area contributed by atoms with Crippen LogP contribution in [-0.2, 0) is 14.8 Å². The Kier molecular flexibility index (Phi) is 5.85. The van der Waals surface area contributed by atoms with Gasteiger partial charge in [-0.1, -0.05) is 35.9 Å². The summed E-state index contributed by atoms with van der Waals surface area (Å²) >= 11 is 6.08. The summed E-state index contributed by atoms with van der Waals surface area (Å²) in [6, 6.07) is 14.1. The van der Waals surface area contributed by atoms with Gasteiger partial charge in [-0.3, -0.25) is 9.10 Å². The number of para-hydroxylation sites is 1. The molecule has 2 rings (SSSR count). The fraction of sp³-hybridized carbons (Fsp3) is 0.235. The van der Waals surface area contributed by atoms with E-state index in [2.05, 4.69) is 5.32 Å². The molecule has 7 heteroatoms. The lowest BCUT2D eigenvalue weighted by Crippen LogP contribution is -2.33. The van der Waals surface area contributed by atoms with Gasteiger partial charge in [0, 0.05) is 18.7 Å². The number of benzene rings is 2. The van der Waals surface area contributed by atoms with Gasteiger partial charge in [0.1, 0.15) is 0 Å². The lowest BCUT2D eigenvalue weighted by molar-refractivity contribution is -0.116. The zero-order valence-electron chi connectivity index (χ0n) is 13.5. The number of aryl methyl sites for hydroxylation is 1. The Hall–Kier alpha value is -2.05. The van der Waals surface area contributed by atoms with Gasteiger partial charge in [-0.2, -0.15) is 0 Å². The van der Waals surface area contributed by atoms with Gasteiger partial charge >= 0.3 is 0 Å². The molecule has 0 aliphatic heterocycles. The molecular formula is C17H19ClN2O3S. The molecule has 1 amide bonds. The van der Waals surface area contributed by atoms with Crippen molar-refractivity contribution >= 4 is 38.9 Å². The summed E-state index contributed by atoms with van der Waals surface area (Å²) in [5.41, 5.74) is 2.08. The van der Waals surface area contributed by atoms with Crippen LogP contribution in [0, 0.1) is 6.92 Å². The molecule has 128 valence electrons. The van der Waals surface area contributed by atoms with Crippen molar-refractivity contribution in [3.63, 3.8) is 0 Å². The van der Waals surface area contributed by atoms with Gasteiger partial charge in [-0.05, 0) is 36.8 Å².